The minimum Gasteiger partial charge on any atom is -0.351 e. The summed E-state index contributed by atoms with van der Waals surface area (Å²) in [5, 5.41) is 2.19. The van der Waals surface area contributed by atoms with Crippen LogP contribution in [0.4, 0.5) is 0 Å². The van der Waals surface area contributed by atoms with Gasteiger partial charge in [-0.25, -0.2) is 0 Å². The first kappa shape index (κ1) is 6.21. The van der Waals surface area contributed by atoms with E-state index in [0.29, 0.717) is 0 Å². The Bertz CT molecular complexity index is 86.1. The van der Waals surface area contributed by atoms with E-state index in [2.05, 4.69) is 12.4 Å². The van der Waals surface area contributed by atoms with Gasteiger partial charge in [0.2, 0.25) is 5.91 Å². The maximum Gasteiger partial charge on any atom is 0.243 e. The van der Waals surface area contributed by atoms with Gasteiger partial charge in [-0.15, -0.1) is 0 Å². The predicted molar refractivity (Wildman–Crippen MR) is 28.3 cm³/mol. The van der Waals surface area contributed by atoms with Gasteiger partial charge in [-0.1, -0.05) is 6.08 Å². The standard InChI is InChI=1S/C5H8NO/c1-3-4-5(7)6-2/h3-4H,2H2,1H3,(H,6,7). The molecule has 0 aromatic heterocycles. The molecule has 0 aromatic carbocycles. The Hall–Kier alpha value is -0.790. The lowest BCUT2D eigenvalue weighted by atomic mass is 10.5. The molecule has 1 amide bonds. The zero-order chi connectivity index (χ0) is 5.70. The number of amides is 1. The van der Waals surface area contributed by atoms with Gasteiger partial charge in [-0.3, -0.25) is 4.79 Å². The first-order chi connectivity index (χ1) is 3.31. The Morgan fingerprint density at radius 3 is 2.57 bits per heavy atom. The smallest absolute Gasteiger partial charge is 0.243 e. The highest BCUT2D eigenvalue weighted by Crippen LogP contribution is 1.67. The van der Waals surface area contributed by atoms with Gasteiger partial charge in [0.25, 0.3) is 0 Å². The molecular formula is C5H8NO. The summed E-state index contributed by atoms with van der Waals surface area (Å²) in [6.07, 6.45) is 3.06. The number of hydrogen-bond acceptors (Lipinski definition) is 1. The van der Waals surface area contributed by atoms with Gasteiger partial charge < -0.3 is 5.32 Å². The molecule has 0 aliphatic heterocycles. The fraction of sp³-hybridized carbons (Fsp3) is 0.200. The number of carbonyl (C=O) groups excluding carboxylic acids is 1. The predicted octanol–water partition coefficient (Wildman–Crippen LogP) is 0.470. The summed E-state index contributed by atoms with van der Waals surface area (Å²) < 4.78 is 0. The van der Waals surface area contributed by atoms with Crippen LogP contribution in [0.3, 0.4) is 0 Å². The van der Waals surface area contributed by atoms with Crippen LogP contribution >= 0.6 is 0 Å². The quantitative estimate of drug-likeness (QED) is 0.474. The molecular weight excluding hydrogens is 90.1 g/mol. The third-order valence-electron chi connectivity index (χ3n) is 0.492. The Labute approximate surface area is 43.2 Å². The molecule has 0 fully saturated rings. The molecule has 0 saturated heterocycles. The summed E-state index contributed by atoms with van der Waals surface area (Å²) in [6, 6.07) is 0. The zero-order valence-electron chi connectivity index (χ0n) is 4.27. The SMILES string of the molecule is [CH2]NC(=O)C=CC. The van der Waals surface area contributed by atoms with E-state index in [9.17, 15) is 4.79 Å². The van der Waals surface area contributed by atoms with Crippen molar-refractivity contribution in [1.82, 2.24) is 5.32 Å². The van der Waals surface area contributed by atoms with Crippen LogP contribution in [0.1, 0.15) is 6.92 Å². The van der Waals surface area contributed by atoms with Gasteiger partial charge >= 0.3 is 0 Å². The van der Waals surface area contributed by atoms with Crippen LogP contribution in [0.5, 0.6) is 0 Å². The molecule has 7 heavy (non-hydrogen) atoms. The largest absolute Gasteiger partial charge is 0.351 e. The molecule has 0 spiro atoms. The molecule has 0 heterocycles. The molecule has 0 unspecified atom stereocenters. The second kappa shape index (κ2) is 3.40. The minimum atomic E-state index is -0.164. The molecule has 0 aliphatic rings. The summed E-state index contributed by atoms with van der Waals surface area (Å²) in [7, 11) is 3.15. The lowest BCUT2D eigenvalue weighted by Gasteiger charge is -1.83. The molecule has 0 saturated carbocycles. The van der Waals surface area contributed by atoms with Crippen molar-refractivity contribution in [3.05, 3.63) is 19.2 Å². The second-order valence-corrected chi connectivity index (χ2v) is 1.04. The van der Waals surface area contributed by atoms with Crippen LogP contribution < -0.4 is 5.32 Å². The third-order valence-corrected chi connectivity index (χ3v) is 0.492. The molecule has 39 valence electrons. The maximum absolute atomic E-state index is 10.2. The molecule has 0 aromatic rings. The summed E-state index contributed by atoms with van der Waals surface area (Å²) in [5.74, 6) is -0.164. The average Bonchev–Trinajstić information content (AvgIpc) is 1.68. The summed E-state index contributed by atoms with van der Waals surface area (Å²) in [5.41, 5.74) is 0. The lowest BCUT2D eigenvalue weighted by molar-refractivity contribution is -0.115. The van der Waals surface area contributed by atoms with E-state index < -0.39 is 0 Å². The van der Waals surface area contributed by atoms with E-state index in [4.69, 9.17) is 0 Å². The Balaban J connectivity index is 3.37. The molecule has 2 nitrogen and oxygen atoms in total. The fourth-order valence-electron chi connectivity index (χ4n) is 0.210. The first-order valence-corrected chi connectivity index (χ1v) is 2.01. The van der Waals surface area contributed by atoms with Gasteiger partial charge in [-0.2, -0.15) is 0 Å². The highest BCUT2D eigenvalue weighted by molar-refractivity contribution is 5.87. The maximum atomic E-state index is 10.2. The topological polar surface area (TPSA) is 29.1 Å². The molecule has 0 atom stereocenters. The highest BCUT2D eigenvalue weighted by Gasteiger charge is 1.81. The van der Waals surface area contributed by atoms with Crippen molar-refractivity contribution in [3.8, 4) is 0 Å². The van der Waals surface area contributed by atoms with Crippen molar-refractivity contribution in [2.75, 3.05) is 0 Å². The van der Waals surface area contributed by atoms with Crippen LogP contribution in [-0.4, -0.2) is 5.91 Å². The minimum absolute atomic E-state index is 0.164. The van der Waals surface area contributed by atoms with Gasteiger partial charge in [0.1, 0.15) is 0 Å². The number of nitrogens with one attached hydrogen (secondary N) is 1. The second-order valence-electron chi connectivity index (χ2n) is 1.04. The van der Waals surface area contributed by atoms with E-state index in [-0.39, 0.29) is 5.91 Å². The van der Waals surface area contributed by atoms with Gasteiger partial charge in [-0.05, 0) is 13.0 Å². The van der Waals surface area contributed by atoms with Gasteiger partial charge in [0.15, 0.2) is 0 Å². The number of rotatable bonds is 1. The Morgan fingerprint density at radius 1 is 1.86 bits per heavy atom. The van der Waals surface area contributed by atoms with Crippen molar-refractivity contribution in [2.45, 2.75) is 6.92 Å². The highest BCUT2D eigenvalue weighted by atomic mass is 16.1. The van der Waals surface area contributed by atoms with Gasteiger partial charge in [0, 0.05) is 7.05 Å². The van der Waals surface area contributed by atoms with Crippen LogP contribution in [0, 0.1) is 7.05 Å². The molecule has 0 aliphatic carbocycles. The zero-order valence-corrected chi connectivity index (χ0v) is 4.27. The Kier molecular flexibility index (Phi) is 3.02. The molecule has 1 N–H and O–H groups in total. The van der Waals surface area contributed by atoms with Crippen molar-refractivity contribution in [3.63, 3.8) is 0 Å². The number of carbonyl (C=O) groups is 1. The number of allylic oxidation sites excluding steroid dienone is 1. The van der Waals surface area contributed by atoms with Crippen LogP contribution in [0.25, 0.3) is 0 Å². The molecule has 2 heteroatoms. The third kappa shape index (κ3) is 3.03. The Morgan fingerprint density at radius 2 is 2.43 bits per heavy atom. The molecule has 0 bridgehead atoms. The summed E-state index contributed by atoms with van der Waals surface area (Å²) >= 11 is 0. The van der Waals surface area contributed by atoms with Crippen molar-refractivity contribution >= 4 is 5.91 Å². The van der Waals surface area contributed by atoms with E-state index in [0.717, 1.165) is 0 Å². The summed E-state index contributed by atoms with van der Waals surface area (Å²) in [6.45, 7) is 1.77. The monoisotopic (exact) mass is 98.1 g/mol. The number of hydrogen-bond donors (Lipinski definition) is 1. The van der Waals surface area contributed by atoms with Crippen molar-refractivity contribution in [2.24, 2.45) is 0 Å². The fourth-order valence-corrected chi connectivity index (χ4v) is 0.210. The lowest BCUT2D eigenvalue weighted by Crippen LogP contribution is -2.10. The van der Waals surface area contributed by atoms with Crippen LogP contribution in [0.2, 0.25) is 0 Å². The van der Waals surface area contributed by atoms with E-state index in [1.54, 1.807) is 13.0 Å². The molecule has 0 rings (SSSR count). The normalized spacial score (nSPS) is 9.43. The van der Waals surface area contributed by atoms with E-state index >= 15 is 0 Å². The first-order valence-electron chi connectivity index (χ1n) is 2.01. The van der Waals surface area contributed by atoms with E-state index in [1.807, 2.05) is 0 Å². The van der Waals surface area contributed by atoms with Crippen LogP contribution in [-0.2, 0) is 4.79 Å². The van der Waals surface area contributed by atoms with Crippen LogP contribution in [0.15, 0.2) is 12.2 Å². The molecule has 1 radical (unpaired) electrons. The van der Waals surface area contributed by atoms with Gasteiger partial charge in [0.05, 0.1) is 0 Å². The average molecular weight is 98.1 g/mol. The van der Waals surface area contributed by atoms with Crippen molar-refractivity contribution < 1.29 is 4.79 Å². The van der Waals surface area contributed by atoms with Crippen molar-refractivity contribution in [1.29, 1.82) is 0 Å². The summed E-state index contributed by atoms with van der Waals surface area (Å²) in [4.78, 5) is 10.2. The van der Waals surface area contributed by atoms with E-state index in [1.165, 1.54) is 6.08 Å².